The van der Waals surface area contributed by atoms with Gasteiger partial charge in [0.05, 0.1) is 5.56 Å². The smallest absolute Gasteiger partial charge is 0.255 e. The molecule has 0 bridgehead atoms. The molecule has 2 unspecified atom stereocenters. The SMILES string of the molecule is CC(N)C1CCCCN1C(=O)c1cc(F)c(F)cc1Br. The van der Waals surface area contributed by atoms with Crippen molar-refractivity contribution < 1.29 is 13.6 Å². The fraction of sp³-hybridized carbons (Fsp3) is 0.500. The van der Waals surface area contributed by atoms with E-state index in [1.807, 2.05) is 6.92 Å². The number of halogens is 3. The van der Waals surface area contributed by atoms with Gasteiger partial charge in [-0.1, -0.05) is 0 Å². The van der Waals surface area contributed by atoms with Gasteiger partial charge in [-0.05, 0) is 54.2 Å². The lowest BCUT2D eigenvalue weighted by Crippen LogP contribution is -2.51. The highest BCUT2D eigenvalue weighted by molar-refractivity contribution is 9.10. The number of carbonyl (C=O) groups is 1. The first kappa shape index (κ1) is 15.4. The molecule has 1 saturated heterocycles. The lowest BCUT2D eigenvalue weighted by molar-refractivity contribution is 0.0582. The zero-order chi connectivity index (χ0) is 14.9. The molecule has 1 heterocycles. The van der Waals surface area contributed by atoms with E-state index in [9.17, 15) is 13.6 Å². The average molecular weight is 347 g/mol. The van der Waals surface area contributed by atoms with Gasteiger partial charge >= 0.3 is 0 Å². The van der Waals surface area contributed by atoms with Crippen molar-refractivity contribution >= 4 is 21.8 Å². The second-order valence-corrected chi connectivity index (χ2v) is 6.02. The first-order valence-corrected chi connectivity index (χ1v) is 7.42. The third-order valence-corrected chi connectivity index (χ3v) is 4.31. The Bertz CT molecular complexity index is 522. The summed E-state index contributed by atoms with van der Waals surface area (Å²) in [6, 6.07) is 1.71. The van der Waals surface area contributed by atoms with E-state index in [2.05, 4.69) is 15.9 Å². The second-order valence-electron chi connectivity index (χ2n) is 5.17. The molecule has 0 aromatic heterocycles. The van der Waals surface area contributed by atoms with Gasteiger partial charge in [-0.2, -0.15) is 0 Å². The van der Waals surface area contributed by atoms with Gasteiger partial charge in [0.2, 0.25) is 0 Å². The second kappa shape index (κ2) is 6.18. The Hall–Kier alpha value is -1.01. The molecule has 0 spiro atoms. The maximum absolute atomic E-state index is 13.4. The van der Waals surface area contributed by atoms with Crippen LogP contribution in [0.1, 0.15) is 36.5 Å². The lowest BCUT2D eigenvalue weighted by atomic mass is 9.96. The highest BCUT2D eigenvalue weighted by atomic mass is 79.9. The van der Waals surface area contributed by atoms with Crippen LogP contribution < -0.4 is 5.73 Å². The minimum absolute atomic E-state index is 0.0590. The molecule has 0 aliphatic carbocycles. The van der Waals surface area contributed by atoms with E-state index in [0.717, 1.165) is 31.4 Å². The fourth-order valence-corrected chi connectivity index (χ4v) is 3.08. The third-order valence-electron chi connectivity index (χ3n) is 3.66. The van der Waals surface area contributed by atoms with E-state index in [-0.39, 0.29) is 28.0 Å². The van der Waals surface area contributed by atoms with Gasteiger partial charge in [-0.25, -0.2) is 8.78 Å². The molecule has 1 amide bonds. The normalized spacial score (nSPS) is 20.9. The third kappa shape index (κ3) is 3.01. The van der Waals surface area contributed by atoms with Gasteiger partial charge < -0.3 is 10.6 Å². The van der Waals surface area contributed by atoms with E-state index in [1.165, 1.54) is 0 Å². The van der Waals surface area contributed by atoms with Gasteiger partial charge in [-0.15, -0.1) is 0 Å². The molecule has 2 atom stereocenters. The number of amides is 1. The van der Waals surface area contributed by atoms with Gasteiger partial charge in [0.25, 0.3) is 5.91 Å². The Balaban J connectivity index is 2.32. The Kier molecular flexibility index (Phi) is 4.75. The van der Waals surface area contributed by atoms with Crippen LogP contribution in [0.4, 0.5) is 8.78 Å². The first-order valence-electron chi connectivity index (χ1n) is 6.63. The summed E-state index contributed by atoms with van der Waals surface area (Å²) in [4.78, 5) is 14.2. The van der Waals surface area contributed by atoms with Crippen LogP contribution in [0.2, 0.25) is 0 Å². The Morgan fingerprint density at radius 1 is 1.40 bits per heavy atom. The van der Waals surface area contributed by atoms with Crippen LogP contribution in [0, 0.1) is 11.6 Å². The summed E-state index contributed by atoms with van der Waals surface area (Å²) >= 11 is 3.12. The van der Waals surface area contributed by atoms with Crippen LogP contribution in [-0.4, -0.2) is 29.4 Å². The van der Waals surface area contributed by atoms with Crippen LogP contribution in [0.15, 0.2) is 16.6 Å². The van der Waals surface area contributed by atoms with Crippen molar-refractivity contribution in [3.8, 4) is 0 Å². The molecular formula is C14H17BrF2N2O. The largest absolute Gasteiger partial charge is 0.334 e. The number of rotatable bonds is 2. The summed E-state index contributed by atoms with van der Waals surface area (Å²) < 4.78 is 26.7. The van der Waals surface area contributed by atoms with Crippen LogP contribution in [-0.2, 0) is 0 Å². The molecule has 1 aliphatic heterocycles. The maximum Gasteiger partial charge on any atom is 0.255 e. The van der Waals surface area contributed by atoms with Crippen LogP contribution >= 0.6 is 15.9 Å². The molecular weight excluding hydrogens is 330 g/mol. The quantitative estimate of drug-likeness (QED) is 0.836. The van der Waals surface area contributed by atoms with E-state index in [0.29, 0.717) is 6.54 Å². The molecule has 6 heteroatoms. The molecule has 1 aliphatic rings. The number of piperidine rings is 1. The van der Waals surface area contributed by atoms with E-state index >= 15 is 0 Å². The van der Waals surface area contributed by atoms with Crippen molar-refractivity contribution in [3.63, 3.8) is 0 Å². The van der Waals surface area contributed by atoms with Crippen molar-refractivity contribution in [2.75, 3.05) is 6.54 Å². The summed E-state index contributed by atoms with van der Waals surface area (Å²) in [5.74, 6) is -2.31. The monoisotopic (exact) mass is 346 g/mol. The number of carbonyl (C=O) groups excluding carboxylic acids is 1. The molecule has 1 aromatic rings. The van der Waals surface area contributed by atoms with Gasteiger partial charge in [0.15, 0.2) is 11.6 Å². The molecule has 0 radical (unpaired) electrons. The number of hydrogen-bond acceptors (Lipinski definition) is 2. The predicted molar refractivity (Wildman–Crippen MR) is 76.4 cm³/mol. The first-order chi connectivity index (χ1) is 9.41. The molecule has 2 rings (SSSR count). The van der Waals surface area contributed by atoms with Crippen LogP contribution in [0.3, 0.4) is 0 Å². The Morgan fingerprint density at radius 3 is 2.70 bits per heavy atom. The van der Waals surface area contributed by atoms with E-state index in [1.54, 1.807) is 4.90 Å². The number of benzene rings is 1. The van der Waals surface area contributed by atoms with Crippen molar-refractivity contribution in [2.45, 2.75) is 38.3 Å². The standard InChI is InChI=1S/C14H17BrF2N2O/c1-8(18)13-4-2-3-5-19(13)14(20)9-6-11(16)12(17)7-10(9)15/h6-8,13H,2-5,18H2,1H3. The van der Waals surface area contributed by atoms with E-state index < -0.39 is 11.6 Å². The topological polar surface area (TPSA) is 46.3 Å². The molecule has 2 N–H and O–H groups in total. The molecule has 110 valence electrons. The Labute approximate surface area is 125 Å². The fourth-order valence-electron chi connectivity index (χ4n) is 2.60. The van der Waals surface area contributed by atoms with E-state index in [4.69, 9.17) is 5.73 Å². The average Bonchev–Trinajstić information content (AvgIpc) is 2.42. The minimum Gasteiger partial charge on any atom is -0.334 e. The van der Waals surface area contributed by atoms with Gasteiger partial charge in [-0.3, -0.25) is 4.79 Å². The Morgan fingerprint density at radius 2 is 2.05 bits per heavy atom. The van der Waals surface area contributed by atoms with Crippen LogP contribution in [0.5, 0.6) is 0 Å². The maximum atomic E-state index is 13.4. The molecule has 20 heavy (non-hydrogen) atoms. The minimum atomic E-state index is -1.02. The summed E-state index contributed by atoms with van der Waals surface area (Å²) in [5.41, 5.74) is 6.06. The highest BCUT2D eigenvalue weighted by Gasteiger charge is 2.31. The number of nitrogens with zero attached hydrogens (tertiary/aromatic N) is 1. The zero-order valence-electron chi connectivity index (χ0n) is 11.2. The molecule has 0 saturated carbocycles. The summed E-state index contributed by atoms with van der Waals surface area (Å²) in [6.45, 7) is 2.45. The predicted octanol–water partition coefficient (Wildman–Crippen LogP) is 3.07. The van der Waals surface area contributed by atoms with Crippen LogP contribution in [0.25, 0.3) is 0 Å². The number of likely N-dealkylation sites (tertiary alicyclic amines) is 1. The molecule has 1 fully saturated rings. The number of nitrogens with two attached hydrogens (primary N) is 1. The zero-order valence-corrected chi connectivity index (χ0v) is 12.8. The number of hydrogen-bond donors (Lipinski definition) is 1. The summed E-state index contributed by atoms with van der Waals surface area (Å²) in [6.07, 6.45) is 2.76. The summed E-state index contributed by atoms with van der Waals surface area (Å²) in [7, 11) is 0. The summed E-state index contributed by atoms with van der Waals surface area (Å²) in [5, 5.41) is 0. The van der Waals surface area contributed by atoms with Crippen molar-refractivity contribution in [1.29, 1.82) is 0 Å². The molecule has 1 aromatic carbocycles. The highest BCUT2D eigenvalue weighted by Crippen LogP contribution is 2.26. The van der Waals surface area contributed by atoms with Crippen molar-refractivity contribution in [2.24, 2.45) is 5.73 Å². The lowest BCUT2D eigenvalue weighted by Gasteiger charge is -2.38. The van der Waals surface area contributed by atoms with Crippen molar-refractivity contribution in [3.05, 3.63) is 33.8 Å². The van der Waals surface area contributed by atoms with Crippen molar-refractivity contribution in [1.82, 2.24) is 4.90 Å². The molecule has 3 nitrogen and oxygen atoms in total. The van der Waals surface area contributed by atoms with Gasteiger partial charge in [0, 0.05) is 23.1 Å². The van der Waals surface area contributed by atoms with Gasteiger partial charge in [0.1, 0.15) is 0 Å².